The molecular weight excluding hydrogens is 778 g/mol. The Labute approximate surface area is 346 Å². The van der Waals surface area contributed by atoms with E-state index in [2.05, 4.69) is 41.5 Å². The number of amides is 2. The number of alkyl halides is 3. The number of nitrogens with one attached hydrogen (secondary N) is 5. The molecule has 0 spiro atoms. The molecule has 13 nitrogen and oxygen atoms in total. The van der Waals surface area contributed by atoms with E-state index in [1.165, 1.54) is 12.1 Å². The molecule has 3 aromatic carbocycles. The molecule has 320 valence electrons. The van der Waals surface area contributed by atoms with Crippen LogP contribution >= 0.6 is 0 Å². The first-order valence-electron chi connectivity index (χ1n) is 21.3. The van der Waals surface area contributed by atoms with Crippen molar-refractivity contribution in [2.75, 3.05) is 54.1 Å². The summed E-state index contributed by atoms with van der Waals surface area (Å²) in [5, 5.41) is 16.0. The number of nitrogens with zero attached hydrogens (tertiary/aromatic N) is 3. The van der Waals surface area contributed by atoms with E-state index in [1.807, 2.05) is 36.4 Å². The summed E-state index contributed by atoms with van der Waals surface area (Å²) in [5.74, 6) is 0.352. The van der Waals surface area contributed by atoms with Gasteiger partial charge < -0.3 is 40.2 Å². The molecule has 2 saturated carbocycles. The zero-order valence-corrected chi connectivity index (χ0v) is 33.8. The van der Waals surface area contributed by atoms with Crippen molar-refractivity contribution in [3.63, 3.8) is 0 Å². The number of fused-ring (bicyclic) bond motifs is 2. The Morgan fingerprint density at radius 2 is 1.28 bits per heavy atom. The third-order valence-electron chi connectivity index (χ3n) is 11.9. The normalized spacial score (nSPS) is 18.3. The smallest absolute Gasteiger partial charge is 0.419 e. The second kappa shape index (κ2) is 18.5. The van der Waals surface area contributed by atoms with Gasteiger partial charge in [0.15, 0.2) is 11.2 Å². The van der Waals surface area contributed by atoms with Crippen LogP contribution in [0.4, 0.5) is 36.6 Å². The highest BCUT2D eigenvalue weighted by Gasteiger charge is 2.35. The highest BCUT2D eigenvalue weighted by Crippen LogP contribution is 2.37. The summed E-state index contributed by atoms with van der Waals surface area (Å²) in [7, 11) is 0. The molecule has 0 radical (unpaired) electrons. The van der Waals surface area contributed by atoms with Crippen molar-refractivity contribution in [3.8, 4) is 5.75 Å². The summed E-state index contributed by atoms with van der Waals surface area (Å²) in [6.07, 6.45) is 5.56. The fourth-order valence-corrected chi connectivity index (χ4v) is 7.95. The van der Waals surface area contributed by atoms with Crippen LogP contribution in [0.3, 0.4) is 0 Å². The Morgan fingerprint density at radius 1 is 0.750 bits per heavy atom. The number of hydrogen-bond acceptors (Lipinski definition) is 11. The Bertz CT molecular complexity index is 2260. The summed E-state index contributed by atoms with van der Waals surface area (Å²) in [6.45, 7) is 6.04. The summed E-state index contributed by atoms with van der Waals surface area (Å²) in [4.78, 5) is 35.5. The van der Waals surface area contributed by atoms with Gasteiger partial charge >= 0.3 is 6.18 Å². The van der Waals surface area contributed by atoms with Crippen molar-refractivity contribution >= 4 is 57.4 Å². The van der Waals surface area contributed by atoms with Crippen LogP contribution in [-0.4, -0.2) is 71.6 Å². The monoisotopic (exact) mass is 830 g/mol. The molecule has 9 rings (SSSR count). The summed E-state index contributed by atoms with van der Waals surface area (Å²) in [5.41, 5.74) is 4.39. The first-order chi connectivity index (χ1) is 29.1. The number of carbonyl (C=O) groups is 2. The molecule has 2 aromatic heterocycles. The van der Waals surface area contributed by atoms with Crippen molar-refractivity contribution in [2.24, 2.45) is 11.8 Å². The van der Waals surface area contributed by atoms with Crippen molar-refractivity contribution in [3.05, 3.63) is 65.7 Å². The predicted molar refractivity (Wildman–Crippen MR) is 224 cm³/mol. The molecule has 16 heteroatoms. The van der Waals surface area contributed by atoms with Gasteiger partial charge in [0.2, 0.25) is 11.8 Å². The Kier molecular flexibility index (Phi) is 12.8. The number of benzene rings is 3. The quantitative estimate of drug-likeness (QED) is 0.0819. The van der Waals surface area contributed by atoms with Crippen LogP contribution in [0.25, 0.3) is 22.2 Å². The molecule has 2 saturated heterocycles. The zero-order chi connectivity index (χ0) is 41.6. The Balaban J connectivity index is 0.000000185. The predicted octanol–water partition coefficient (Wildman–Crippen LogP) is 8.79. The third-order valence-corrected chi connectivity index (χ3v) is 11.9. The number of rotatable bonds is 12. The minimum absolute atomic E-state index is 0.0598. The minimum atomic E-state index is -4.44. The lowest BCUT2D eigenvalue weighted by molar-refractivity contribution is -0.139. The molecule has 4 heterocycles. The summed E-state index contributed by atoms with van der Waals surface area (Å²) < 4.78 is 56.6. The summed E-state index contributed by atoms with van der Waals surface area (Å²) in [6, 6.07) is 16.8. The van der Waals surface area contributed by atoms with Gasteiger partial charge in [-0.2, -0.15) is 23.1 Å². The van der Waals surface area contributed by atoms with Crippen molar-refractivity contribution < 1.29 is 36.3 Å². The number of oxazole rings is 2. The molecule has 4 fully saturated rings. The standard InChI is InChI=1S/C27H31F3N4O3.C17H22N4O2/c1-2-36-24-14-17(6-8-21(24)27(28,29)30)16-34-12-10-19(11-13-34)32-26-33-22-15-20(7-9-23(22)37-26)31-25(35)18-4-3-5-18;22-16(11-2-1-3-11)19-13-4-5-15-14(10-13)21-17(23-15)20-12-6-8-18-9-7-12/h6-9,14-15,18-19H,2-5,10-13,16H2,1H3,(H,31,35)(H,32,33);4-5,10-12,18H,1-3,6-9H2,(H,19,22)(H,20,21). The molecule has 60 heavy (non-hydrogen) atoms. The van der Waals surface area contributed by atoms with Gasteiger partial charge in [0.1, 0.15) is 16.8 Å². The first-order valence-corrected chi connectivity index (χ1v) is 21.3. The van der Waals surface area contributed by atoms with Crippen molar-refractivity contribution in [1.29, 1.82) is 0 Å². The van der Waals surface area contributed by atoms with Gasteiger partial charge in [-0.1, -0.05) is 18.9 Å². The van der Waals surface area contributed by atoms with E-state index in [0.29, 0.717) is 41.4 Å². The van der Waals surface area contributed by atoms with E-state index < -0.39 is 11.7 Å². The number of likely N-dealkylation sites (tertiary alicyclic amines) is 1. The fraction of sp³-hybridized carbons (Fsp3) is 0.500. The average Bonchev–Trinajstić information content (AvgIpc) is 3.77. The fourth-order valence-electron chi connectivity index (χ4n) is 7.95. The molecule has 2 amide bonds. The summed E-state index contributed by atoms with van der Waals surface area (Å²) >= 11 is 0. The number of halogens is 3. The molecule has 4 aliphatic rings. The van der Waals surface area contributed by atoms with Crippen LogP contribution in [0.2, 0.25) is 0 Å². The number of piperidine rings is 2. The van der Waals surface area contributed by atoms with Gasteiger partial charge in [-0.3, -0.25) is 14.5 Å². The lowest BCUT2D eigenvalue weighted by Crippen LogP contribution is -2.38. The topological polar surface area (TPSA) is 159 Å². The second-order valence-corrected chi connectivity index (χ2v) is 16.3. The Morgan fingerprint density at radius 3 is 1.77 bits per heavy atom. The second-order valence-electron chi connectivity index (χ2n) is 16.3. The number of hydrogen-bond donors (Lipinski definition) is 5. The van der Waals surface area contributed by atoms with Crippen LogP contribution in [0, 0.1) is 11.8 Å². The maximum Gasteiger partial charge on any atom is 0.419 e. The van der Waals surface area contributed by atoms with Gasteiger partial charge in [-0.25, -0.2) is 0 Å². The van der Waals surface area contributed by atoms with Gasteiger partial charge in [0, 0.05) is 54.9 Å². The average molecular weight is 831 g/mol. The maximum atomic E-state index is 13.2. The maximum absolute atomic E-state index is 13.2. The Hall–Kier alpha value is -5.35. The largest absolute Gasteiger partial charge is 0.493 e. The van der Waals surface area contributed by atoms with E-state index in [9.17, 15) is 22.8 Å². The van der Waals surface area contributed by atoms with E-state index >= 15 is 0 Å². The van der Waals surface area contributed by atoms with E-state index in [0.717, 1.165) is 119 Å². The zero-order valence-electron chi connectivity index (χ0n) is 33.8. The van der Waals surface area contributed by atoms with Gasteiger partial charge in [-0.05, 0) is 125 Å². The third kappa shape index (κ3) is 10.3. The molecule has 2 aliphatic heterocycles. The number of aromatic nitrogens is 2. The molecule has 0 atom stereocenters. The molecule has 5 aromatic rings. The van der Waals surface area contributed by atoms with Crippen molar-refractivity contribution in [2.45, 2.75) is 95.9 Å². The molecule has 0 bridgehead atoms. The van der Waals surface area contributed by atoms with E-state index in [1.54, 1.807) is 6.92 Å². The minimum Gasteiger partial charge on any atom is -0.493 e. The lowest BCUT2D eigenvalue weighted by atomic mass is 9.85. The highest BCUT2D eigenvalue weighted by atomic mass is 19.4. The molecule has 2 aliphatic carbocycles. The van der Waals surface area contributed by atoms with E-state index in [-0.39, 0.29) is 42.0 Å². The van der Waals surface area contributed by atoms with Gasteiger partial charge in [0.25, 0.3) is 12.0 Å². The molecular formula is C44H53F3N8O5. The van der Waals surface area contributed by atoms with Crippen LogP contribution in [0.15, 0.2) is 63.4 Å². The first kappa shape index (κ1) is 41.4. The number of ether oxygens (including phenoxy) is 1. The molecule has 5 N–H and O–H groups in total. The number of carbonyl (C=O) groups excluding carboxylic acids is 2. The number of anilines is 4. The van der Waals surface area contributed by atoms with E-state index in [4.69, 9.17) is 13.6 Å². The van der Waals surface area contributed by atoms with Crippen LogP contribution in [0.1, 0.15) is 82.3 Å². The SMILES string of the molecule is CCOc1cc(CN2CCC(Nc3nc4cc(NC(=O)C5CCC5)ccc4o3)CC2)ccc1C(F)(F)F.O=C(Nc1ccc2oc(NC3CCNCC3)nc2c1)C1CCC1. The lowest BCUT2D eigenvalue weighted by Gasteiger charge is -2.32. The van der Waals surface area contributed by atoms with Gasteiger partial charge in [0.05, 0.1) is 12.2 Å². The van der Waals surface area contributed by atoms with Crippen LogP contribution in [-0.2, 0) is 22.3 Å². The van der Waals surface area contributed by atoms with Crippen molar-refractivity contribution in [1.82, 2.24) is 20.2 Å². The van der Waals surface area contributed by atoms with Crippen LogP contribution < -0.4 is 31.3 Å². The molecule has 0 unspecified atom stereocenters. The van der Waals surface area contributed by atoms with Gasteiger partial charge in [-0.15, -0.1) is 0 Å². The van der Waals surface area contributed by atoms with Crippen LogP contribution in [0.5, 0.6) is 5.75 Å². The highest BCUT2D eigenvalue weighted by molar-refractivity contribution is 5.95.